The molecule has 0 unspecified atom stereocenters. The van der Waals surface area contributed by atoms with Crippen LogP contribution >= 0.6 is 0 Å². The molecule has 0 radical (unpaired) electrons. The Bertz CT molecular complexity index is 1240. The third kappa shape index (κ3) is 1.37. The van der Waals surface area contributed by atoms with Gasteiger partial charge in [-0.15, -0.1) is 0 Å². The van der Waals surface area contributed by atoms with Gasteiger partial charge in [0.2, 0.25) is 0 Å². The number of hydrogen-bond acceptors (Lipinski definition) is 1. The van der Waals surface area contributed by atoms with E-state index in [-0.39, 0.29) is 5.56 Å². The Morgan fingerprint density at radius 2 is 1.55 bits per heavy atom. The average molecular weight is 284 g/mol. The summed E-state index contributed by atoms with van der Waals surface area (Å²) in [5.74, 6) is 0. The maximum Gasteiger partial charge on any atom is 0.272 e. The van der Waals surface area contributed by atoms with E-state index in [4.69, 9.17) is 0 Å². The molecule has 1 N–H and O–H groups in total. The third-order valence-electron chi connectivity index (χ3n) is 4.34. The minimum Gasteiger partial charge on any atom is -0.319 e. The molecule has 104 valence electrons. The number of nitrogens with one attached hydrogen (secondary N) is 1. The first-order valence-electron chi connectivity index (χ1n) is 7.27. The third-order valence-corrected chi connectivity index (χ3v) is 4.34. The Morgan fingerprint density at radius 1 is 0.727 bits per heavy atom. The van der Waals surface area contributed by atoms with Gasteiger partial charge in [-0.1, -0.05) is 42.5 Å². The lowest BCUT2D eigenvalue weighted by atomic mass is 10.1. The summed E-state index contributed by atoms with van der Waals surface area (Å²) in [6.45, 7) is 0. The van der Waals surface area contributed by atoms with Crippen LogP contribution < -0.4 is 5.56 Å². The topological polar surface area (TPSA) is 37.3 Å². The number of fused-ring (bicyclic) bond motifs is 7. The molecule has 0 bridgehead atoms. The summed E-state index contributed by atoms with van der Waals surface area (Å²) in [6.07, 6.45) is 0. The fraction of sp³-hybridized carbons (Fsp3) is 0. The second kappa shape index (κ2) is 3.98. The highest BCUT2D eigenvalue weighted by atomic mass is 16.1. The van der Waals surface area contributed by atoms with Gasteiger partial charge in [0.25, 0.3) is 5.56 Å². The van der Waals surface area contributed by atoms with Gasteiger partial charge in [-0.3, -0.25) is 4.79 Å². The second-order valence-electron chi connectivity index (χ2n) is 5.56. The highest BCUT2D eigenvalue weighted by Crippen LogP contribution is 2.29. The van der Waals surface area contributed by atoms with Crippen LogP contribution in [0, 0.1) is 0 Å². The zero-order valence-corrected chi connectivity index (χ0v) is 11.7. The lowest BCUT2D eigenvalue weighted by molar-refractivity contribution is 1.22. The summed E-state index contributed by atoms with van der Waals surface area (Å²) < 4.78 is 2.05. The van der Waals surface area contributed by atoms with E-state index >= 15 is 0 Å². The van der Waals surface area contributed by atoms with Crippen LogP contribution in [0.4, 0.5) is 0 Å². The van der Waals surface area contributed by atoms with Gasteiger partial charge in [0.15, 0.2) is 0 Å². The Balaban J connectivity index is 2.16. The molecule has 5 rings (SSSR count). The molecule has 3 heteroatoms. The maximum atomic E-state index is 12.4. The van der Waals surface area contributed by atoms with Crippen molar-refractivity contribution >= 4 is 38.2 Å². The molecule has 0 fully saturated rings. The molecule has 0 aliphatic rings. The van der Waals surface area contributed by atoms with Crippen molar-refractivity contribution < 1.29 is 0 Å². The lowest BCUT2D eigenvalue weighted by Crippen LogP contribution is -2.09. The second-order valence-corrected chi connectivity index (χ2v) is 5.56. The van der Waals surface area contributed by atoms with Crippen LogP contribution in [-0.2, 0) is 0 Å². The monoisotopic (exact) mass is 284 g/mol. The summed E-state index contributed by atoms with van der Waals surface area (Å²) in [6, 6.07) is 22.4. The smallest absolute Gasteiger partial charge is 0.272 e. The van der Waals surface area contributed by atoms with Crippen LogP contribution in [0.25, 0.3) is 38.2 Å². The summed E-state index contributed by atoms with van der Waals surface area (Å²) >= 11 is 0. The van der Waals surface area contributed by atoms with Gasteiger partial charge >= 0.3 is 0 Å². The van der Waals surface area contributed by atoms with Gasteiger partial charge in [0, 0.05) is 5.39 Å². The van der Waals surface area contributed by atoms with Crippen molar-refractivity contribution in [2.45, 2.75) is 0 Å². The predicted octanol–water partition coefficient (Wildman–Crippen LogP) is 4.09. The zero-order chi connectivity index (χ0) is 14.7. The summed E-state index contributed by atoms with van der Waals surface area (Å²) in [5, 5.41) is 3.47. The molecule has 0 saturated heterocycles. The Hall–Kier alpha value is -3.07. The van der Waals surface area contributed by atoms with E-state index in [1.54, 1.807) is 0 Å². The molecule has 2 heterocycles. The average Bonchev–Trinajstić information content (AvgIpc) is 2.96. The number of rotatable bonds is 0. The number of hydrogen-bond donors (Lipinski definition) is 1. The van der Waals surface area contributed by atoms with Crippen LogP contribution in [0.3, 0.4) is 0 Å². The van der Waals surface area contributed by atoms with Gasteiger partial charge in [-0.25, -0.2) is 0 Å². The van der Waals surface area contributed by atoms with E-state index in [2.05, 4.69) is 33.7 Å². The molecule has 5 aromatic rings. The lowest BCUT2D eigenvalue weighted by Gasteiger charge is -2.04. The molecule has 2 aromatic heterocycles. The molecule has 22 heavy (non-hydrogen) atoms. The summed E-state index contributed by atoms with van der Waals surface area (Å²) in [4.78, 5) is 15.4. The van der Waals surface area contributed by atoms with Crippen LogP contribution in [0.1, 0.15) is 0 Å². The molecular weight excluding hydrogens is 272 g/mol. The Kier molecular flexibility index (Phi) is 2.09. The van der Waals surface area contributed by atoms with Crippen molar-refractivity contribution in [1.29, 1.82) is 0 Å². The van der Waals surface area contributed by atoms with E-state index in [0.29, 0.717) is 5.52 Å². The number of aromatic nitrogens is 2. The van der Waals surface area contributed by atoms with Crippen molar-refractivity contribution in [1.82, 2.24) is 9.38 Å². The van der Waals surface area contributed by atoms with Gasteiger partial charge in [0.05, 0.1) is 16.6 Å². The van der Waals surface area contributed by atoms with Crippen molar-refractivity contribution in [3.63, 3.8) is 0 Å². The first-order chi connectivity index (χ1) is 10.8. The van der Waals surface area contributed by atoms with Gasteiger partial charge in [0.1, 0.15) is 5.52 Å². The van der Waals surface area contributed by atoms with Crippen molar-refractivity contribution in [2.24, 2.45) is 0 Å². The number of aromatic amines is 1. The largest absolute Gasteiger partial charge is 0.319 e. The van der Waals surface area contributed by atoms with Crippen molar-refractivity contribution in [3.8, 4) is 0 Å². The number of para-hydroxylation sites is 2. The van der Waals surface area contributed by atoms with E-state index < -0.39 is 0 Å². The summed E-state index contributed by atoms with van der Waals surface area (Å²) in [5.41, 5.74) is 3.56. The minimum absolute atomic E-state index is 0.0565. The number of benzene rings is 3. The van der Waals surface area contributed by atoms with E-state index in [0.717, 1.165) is 21.9 Å². The highest BCUT2D eigenvalue weighted by Gasteiger charge is 2.11. The highest BCUT2D eigenvalue weighted by molar-refractivity contribution is 6.09. The molecule has 3 aromatic carbocycles. The fourth-order valence-electron chi connectivity index (χ4n) is 3.35. The molecule has 3 nitrogen and oxygen atoms in total. The molecule has 0 saturated carbocycles. The van der Waals surface area contributed by atoms with E-state index in [9.17, 15) is 4.79 Å². The van der Waals surface area contributed by atoms with E-state index in [1.165, 1.54) is 10.8 Å². The minimum atomic E-state index is -0.0565. The number of nitrogens with zero attached hydrogens (tertiary/aromatic N) is 1. The van der Waals surface area contributed by atoms with Crippen LogP contribution in [0.15, 0.2) is 71.5 Å². The SMILES string of the molecule is O=c1[nH]c2ccccc2n2c1cc1c3ccccc3ccc12. The molecule has 0 spiro atoms. The van der Waals surface area contributed by atoms with Gasteiger partial charge in [-0.2, -0.15) is 0 Å². The Morgan fingerprint density at radius 3 is 2.50 bits per heavy atom. The molecule has 0 amide bonds. The zero-order valence-electron chi connectivity index (χ0n) is 11.7. The van der Waals surface area contributed by atoms with Crippen LogP contribution in [-0.4, -0.2) is 9.38 Å². The first-order valence-corrected chi connectivity index (χ1v) is 7.27. The normalized spacial score (nSPS) is 11.8. The molecule has 0 atom stereocenters. The van der Waals surface area contributed by atoms with Crippen molar-refractivity contribution in [3.05, 3.63) is 77.1 Å². The van der Waals surface area contributed by atoms with Gasteiger partial charge in [-0.05, 0) is 35.0 Å². The predicted molar refractivity (Wildman–Crippen MR) is 90.5 cm³/mol. The van der Waals surface area contributed by atoms with Gasteiger partial charge < -0.3 is 9.38 Å². The fourth-order valence-corrected chi connectivity index (χ4v) is 3.35. The molecule has 0 aliphatic carbocycles. The molecular formula is C19H12N2O. The standard InChI is InChI=1S/C19H12N2O/c22-19-18-11-14-13-6-2-1-5-12(13)9-10-16(14)21(18)17-8-4-3-7-15(17)20-19/h1-11H,(H,20,22). The van der Waals surface area contributed by atoms with Crippen molar-refractivity contribution in [2.75, 3.05) is 0 Å². The first kappa shape index (κ1) is 11.6. The summed E-state index contributed by atoms with van der Waals surface area (Å²) in [7, 11) is 0. The maximum absolute atomic E-state index is 12.4. The molecule has 0 aliphatic heterocycles. The number of H-pyrrole nitrogens is 1. The van der Waals surface area contributed by atoms with E-state index in [1.807, 2.05) is 42.5 Å². The van der Waals surface area contributed by atoms with Crippen LogP contribution in [0.2, 0.25) is 0 Å². The Labute approximate surface area is 125 Å². The quantitative estimate of drug-likeness (QED) is 0.457. The van der Waals surface area contributed by atoms with Crippen LogP contribution in [0.5, 0.6) is 0 Å².